The van der Waals surface area contributed by atoms with Crippen LogP contribution in [0, 0.1) is 5.92 Å². The molecule has 0 saturated heterocycles. The van der Waals surface area contributed by atoms with E-state index < -0.39 is 5.97 Å². The van der Waals surface area contributed by atoms with Gasteiger partial charge in [0.15, 0.2) is 0 Å². The summed E-state index contributed by atoms with van der Waals surface area (Å²) in [6.07, 6.45) is 7.28. The molecule has 0 spiro atoms. The molecule has 0 radical (unpaired) electrons. The van der Waals surface area contributed by atoms with Gasteiger partial charge in [-0.2, -0.15) is 0 Å². The van der Waals surface area contributed by atoms with E-state index in [0.29, 0.717) is 12.8 Å². The van der Waals surface area contributed by atoms with Crippen LogP contribution in [0.15, 0.2) is 24.3 Å². The largest absolute Gasteiger partial charge is 0.481 e. The van der Waals surface area contributed by atoms with Crippen LogP contribution in [0.4, 0.5) is 5.69 Å². The Bertz CT molecular complexity index is 493. The van der Waals surface area contributed by atoms with Crippen LogP contribution in [0.1, 0.15) is 50.5 Å². The molecule has 0 unspecified atom stereocenters. The standard InChI is InChI=1S/C17H23NO3/c19-16(10-8-13-4-1-2-5-13)18-15-7-3-6-14(12-15)9-11-17(20)21/h3,6-7,12-13H,1-2,4-5,8-11H2,(H,18,19)(H,20,21). The fraction of sp³-hybridized carbons (Fsp3) is 0.529. The van der Waals surface area contributed by atoms with E-state index in [1.807, 2.05) is 24.3 Å². The topological polar surface area (TPSA) is 66.4 Å². The summed E-state index contributed by atoms with van der Waals surface area (Å²) < 4.78 is 0. The average Bonchev–Trinajstić information content (AvgIpc) is 2.97. The molecule has 1 aromatic carbocycles. The molecule has 2 rings (SSSR count). The molecule has 4 nitrogen and oxygen atoms in total. The van der Waals surface area contributed by atoms with E-state index in [9.17, 15) is 9.59 Å². The molecule has 114 valence electrons. The fourth-order valence-electron chi connectivity index (χ4n) is 2.91. The van der Waals surface area contributed by atoms with Crippen LogP contribution in [0.25, 0.3) is 0 Å². The lowest BCUT2D eigenvalue weighted by atomic mass is 10.0. The van der Waals surface area contributed by atoms with Crippen LogP contribution in [-0.2, 0) is 16.0 Å². The number of carbonyl (C=O) groups is 2. The minimum atomic E-state index is -0.805. The first-order valence-electron chi connectivity index (χ1n) is 7.74. The van der Waals surface area contributed by atoms with Crippen molar-refractivity contribution in [2.45, 2.75) is 51.4 Å². The summed E-state index contributed by atoms with van der Waals surface area (Å²) in [6, 6.07) is 7.44. The molecule has 0 aromatic heterocycles. The molecule has 1 aromatic rings. The van der Waals surface area contributed by atoms with Crippen molar-refractivity contribution in [2.75, 3.05) is 5.32 Å². The molecule has 21 heavy (non-hydrogen) atoms. The molecule has 0 bridgehead atoms. The number of carboxylic acid groups (broad SMARTS) is 1. The molecule has 0 aliphatic heterocycles. The zero-order valence-electron chi connectivity index (χ0n) is 12.3. The Morgan fingerprint density at radius 1 is 1.19 bits per heavy atom. The lowest BCUT2D eigenvalue weighted by molar-refractivity contribution is -0.137. The Morgan fingerprint density at radius 2 is 1.95 bits per heavy atom. The van der Waals surface area contributed by atoms with E-state index in [-0.39, 0.29) is 12.3 Å². The van der Waals surface area contributed by atoms with Crippen molar-refractivity contribution in [1.82, 2.24) is 0 Å². The molecular weight excluding hydrogens is 266 g/mol. The van der Waals surface area contributed by atoms with E-state index in [1.54, 1.807) is 0 Å². The highest BCUT2D eigenvalue weighted by Crippen LogP contribution is 2.28. The number of amides is 1. The maximum Gasteiger partial charge on any atom is 0.303 e. The molecule has 1 saturated carbocycles. The summed E-state index contributed by atoms with van der Waals surface area (Å²) in [6.45, 7) is 0. The van der Waals surface area contributed by atoms with Crippen molar-refractivity contribution >= 4 is 17.6 Å². The van der Waals surface area contributed by atoms with Gasteiger partial charge >= 0.3 is 5.97 Å². The first-order chi connectivity index (χ1) is 10.1. The smallest absolute Gasteiger partial charge is 0.303 e. The number of rotatable bonds is 7. The predicted molar refractivity (Wildman–Crippen MR) is 82.2 cm³/mol. The fourth-order valence-corrected chi connectivity index (χ4v) is 2.91. The van der Waals surface area contributed by atoms with Crippen molar-refractivity contribution in [1.29, 1.82) is 0 Å². The van der Waals surface area contributed by atoms with E-state index >= 15 is 0 Å². The molecule has 1 fully saturated rings. The molecule has 1 amide bonds. The number of benzene rings is 1. The third kappa shape index (κ3) is 5.58. The number of nitrogens with one attached hydrogen (secondary N) is 1. The van der Waals surface area contributed by atoms with Gasteiger partial charge in [-0.15, -0.1) is 0 Å². The monoisotopic (exact) mass is 289 g/mol. The number of hydrogen-bond donors (Lipinski definition) is 2. The molecule has 4 heteroatoms. The van der Waals surface area contributed by atoms with Crippen molar-refractivity contribution in [2.24, 2.45) is 5.92 Å². The van der Waals surface area contributed by atoms with Crippen molar-refractivity contribution in [3.8, 4) is 0 Å². The van der Waals surface area contributed by atoms with Crippen LogP contribution < -0.4 is 5.32 Å². The van der Waals surface area contributed by atoms with Crippen LogP contribution in [-0.4, -0.2) is 17.0 Å². The zero-order valence-corrected chi connectivity index (χ0v) is 12.3. The summed E-state index contributed by atoms with van der Waals surface area (Å²) in [5.74, 6) is -0.0315. The minimum absolute atomic E-state index is 0.0530. The number of carboxylic acids is 1. The van der Waals surface area contributed by atoms with Gasteiger partial charge in [0.25, 0.3) is 0 Å². The van der Waals surface area contributed by atoms with E-state index in [2.05, 4.69) is 5.32 Å². The summed E-state index contributed by atoms with van der Waals surface area (Å²) in [5.41, 5.74) is 1.69. The molecule has 2 N–H and O–H groups in total. The van der Waals surface area contributed by atoms with Gasteiger partial charge in [0, 0.05) is 18.5 Å². The number of hydrogen-bond acceptors (Lipinski definition) is 2. The SMILES string of the molecule is O=C(O)CCc1cccc(NC(=O)CCC2CCCC2)c1. The summed E-state index contributed by atoms with van der Waals surface area (Å²) >= 11 is 0. The Kier molecular flexibility index (Phi) is 5.78. The predicted octanol–water partition coefficient (Wildman–Crippen LogP) is 3.61. The van der Waals surface area contributed by atoms with Gasteiger partial charge in [0.2, 0.25) is 5.91 Å². The van der Waals surface area contributed by atoms with Gasteiger partial charge in [-0.1, -0.05) is 37.8 Å². The second-order valence-corrected chi connectivity index (χ2v) is 5.83. The maximum absolute atomic E-state index is 11.9. The highest BCUT2D eigenvalue weighted by molar-refractivity contribution is 5.90. The van der Waals surface area contributed by atoms with Crippen molar-refractivity contribution < 1.29 is 14.7 Å². The van der Waals surface area contributed by atoms with Crippen LogP contribution in [0.5, 0.6) is 0 Å². The van der Waals surface area contributed by atoms with Crippen LogP contribution >= 0.6 is 0 Å². The number of aryl methyl sites for hydroxylation is 1. The quantitative estimate of drug-likeness (QED) is 0.805. The molecule has 0 heterocycles. The van der Waals surface area contributed by atoms with Gasteiger partial charge in [0.1, 0.15) is 0 Å². The summed E-state index contributed by atoms with van der Waals surface area (Å²) in [4.78, 5) is 22.5. The third-order valence-corrected chi connectivity index (χ3v) is 4.09. The van der Waals surface area contributed by atoms with Crippen molar-refractivity contribution in [3.63, 3.8) is 0 Å². The van der Waals surface area contributed by atoms with Gasteiger partial charge in [-0.05, 0) is 36.5 Å². The van der Waals surface area contributed by atoms with Crippen LogP contribution in [0.2, 0.25) is 0 Å². The lowest BCUT2D eigenvalue weighted by Gasteiger charge is -2.10. The van der Waals surface area contributed by atoms with Crippen LogP contribution in [0.3, 0.4) is 0 Å². The minimum Gasteiger partial charge on any atom is -0.481 e. The highest BCUT2D eigenvalue weighted by atomic mass is 16.4. The summed E-state index contributed by atoms with van der Waals surface area (Å²) in [5, 5.41) is 11.6. The Morgan fingerprint density at radius 3 is 2.67 bits per heavy atom. The highest BCUT2D eigenvalue weighted by Gasteiger charge is 2.16. The summed E-state index contributed by atoms with van der Waals surface area (Å²) in [7, 11) is 0. The van der Waals surface area contributed by atoms with E-state index in [1.165, 1.54) is 25.7 Å². The molecule has 1 aliphatic rings. The molecular formula is C17H23NO3. The van der Waals surface area contributed by atoms with E-state index in [0.717, 1.165) is 23.6 Å². The van der Waals surface area contributed by atoms with Gasteiger partial charge < -0.3 is 10.4 Å². The Balaban J connectivity index is 1.79. The average molecular weight is 289 g/mol. The van der Waals surface area contributed by atoms with Gasteiger partial charge in [-0.3, -0.25) is 9.59 Å². The van der Waals surface area contributed by atoms with E-state index in [4.69, 9.17) is 5.11 Å². The first kappa shape index (κ1) is 15.5. The molecule has 1 aliphatic carbocycles. The molecule has 0 atom stereocenters. The number of anilines is 1. The first-order valence-corrected chi connectivity index (χ1v) is 7.74. The lowest BCUT2D eigenvalue weighted by Crippen LogP contribution is -2.13. The number of aliphatic carboxylic acids is 1. The zero-order chi connectivity index (χ0) is 15.1. The second kappa shape index (κ2) is 7.81. The Hall–Kier alpha value is -1.84. The normalized spacial score (nSPS) is 15.0. The number of carbonyl (C=O) groups excluding carboxylic acids is 1. The van der Waals surface area contributed by atoms with Gasteiger partial charge in [-0.25, -0.2) is 0 Å². The van der Waals surface area contributed by atoms with Crippen molar-refractivity contribution in [3.05, 3.63) is 29.8 Å². The van der Waals surface area contributed by atoms with Gasteiger partial charge in [0.05, 0.1) is 0 Å². The third-order valence-electron chi connectivity index (χ3n) is 4.09. The Labute approximate surface area is 125 Å². The maximum atomic E-state index is 11.9. The second-order valence-electron chi connectivity index (χ2n) is 5.83.